The molecule has 3 aromatic rings. The third kappa shape index (κ3) is 2.96. The smallest absolute Gasteiger partial charge is 0.144 e. The molecule has 106 valence electrons. The van der Waals surface area contributed by atoms with Crippen LogP contribution in [0.3, 0.4) is 0 Å². The number of hydrogen-bond acceptors (Lipinski definition) is 4. The predicted octanol–water partition coefficient (Wildman–Crippen LogP) is 5.02. The van der Waals surface area contributed by atoms with Gasteiger partial charge in [0.1, 0.15) is 5.15 Å². The molecule has 0 amide bonds. The van der Waals surface area contributed by atoms with Crippen molar-refractivity contribution in [1.29, 1.82) is 0 Å². The molecule has 0 atom stereocenters. The standard InChI is InChI=1S/C16H14ClN3S/c1-10-9-11(2)19-16(17)15(10)21-20-13-7-3-5-12-6-4-8-18-14(12)13/h3-9,20H,1-2H3. The molecule has 1 aromatic carbocycles. The van der Waals surface area contributed by atoms with E-state index < -0.39 is 0 Å². The van der Waals surface area contributed by atoms with Gasteiger partial charge in [-0.3, -0.25) is 4.98 Å². The molecule has 0 aliphatic rings. The molecule has 2 aromatic heterocycles. The first-order chi connectivity index (χ1) is 10.1. The van der Waals surface area contributed by atoms with E-state index in [9.17, 15) is 0 Å². The van der Waals surface area contributed by atoms with Gasteiger partial charge in [-0.1, -0.05) is 29.8 Å². The van der Waals surface area contributed by atoms with Crippen LogP contribution in [0.15, 0.2) is 47.5 Å². The molecular formula is C16H14ClN3S. The van der Waals surface area contributed by atoms with Crippen LogP contribution >= 0.6 is 23.5 Å². The number of aromatic nitrogens is 2. The van der Waals surface area contributed by atoms with Crippen molar-refractivity contribution in [2.24, 2.45) is 0 Å². The van der Waals surface area contributed by atoms with E-state index in [0.717, 1.165) is 32.7 Å². The fraction of sp³-hybridized carbons (Fsp3) is 0.125. The molecule has 0 spiro atoms. The molecule has 0 saturated heterocycles. The van der Waals surface area contributed by atoms with Crippen LogP contribution in [0.2, 0.25) is 5.15 Å². The number of benzene rings is 1. The summed E-state index contributed by atoms with van der Waals surface area (Å²) in [4.78, 5) is 9.67. The Hall–Kier alpha value is -1.78. The number of rotatable bonds is 3. The Bertz CT molecular complexity index is 776. The normalized spacial score (nSPS) is 10.8. The van der Waals surface area contributed by atoms with Gasteiger partial charge in [-0.05, 0) is 49.6 Å². The Morgan fingerprint density at radius 2 is 1.95 bits per heavy atom. The van der Waals surface area contributed by atoms with Crippen molar-refractivity contribution < 1.29 is 0 Å². The molecule has 0 fully saturated rings. The van der Waals surface area contributed by atoms with Gasteiger partial charge in [-0.15, -0.1) is 0 Å². The number of pyridine rings is 2. The number of aryl methyl sites for hydroxylation is 2. The summed E-state index contributed by atoms with van der Waals surface area (Å²) in [6.07, 6.45) is 1.80. The molecule has 21 heavy (non-hydrogen) atoms. The maximum Gasteiger partial charge on any atom is 0.144 e. The van der Waals surface area contributed by atoms with Crippen molar-refractivity contribution in [1.82, 2.24) is 9.97 Å². The van der Waals surface area contributed by atoms with E-state index in [2.05, 4.69) is 14.7 Å². The average Bonchev–Trinajstić information content (AvgIpc) is 2.46. The highest BCUT2D eigenvalue weighted by molar-refractivity contribution is 8.00. The van der Waals surface area contributed by atoms with Gasteiger partial charge in [0.15, 0.2) is 0 Å². The van der Waals surface area contributed by atoms with Gasteiger partial charge >= 0.3 is 0 Å². The molecule has 5 heteroatoms. The van der Waals surface area contributed by atoms with Crippen molar-refractivity contribution in [3.8, 4) is 0 Å². The van der Waals surface area contributed by atoms with Crippen molar-refractivity contribution in [3.05, 3.63) is 59.0 Å². The minimum Gasteiger partial charge on any atom is -0.324 e. The summed E-state index contributed by atoms with van der Waals surface area (Å²) in [5.41, 5.74) is 3.95. The largest absolute Gasteiger partial charge is 0.324 e. The molecule has 2 heterocycles. The molecular weight excluding hydrogens is 302 g/mol. The van der Waals surface area contributed by atoms with Crippen LogP contribution < -0.4 is 4.72 Å². The minimum absolute atomic E-state index is 0.526. The van der Waals surface area contributed by atoms with Gasteiger partial charge in [0.25, 0.3) is 0 Å². The predicted molar refractivity (Wildman–Crippen MR) is 89.9 cm³/mol. The van der Waals surface area contributed by atoms with Crippen molar-refractivity contribution in [2.75, 3.05) is 4.72 Å². The highest BCUT2D eigenvalue weighted by atomic mass is 35.5. The monoisotopic (exact) mass is 315 g/mol. The van der Waals surface area contributed by atoms with Crippen molar-refractivity contribution in [3.63, 3.8) is 0 Å². The van der Waals surface area contributed by atoms with Crippen LogP contribution in [-0.4, -0.2) is 9.97 Å². The summed E-state index contributed by atoms with van der Waals surface area (Å²) in [7, 11) is 0. The van der Waals surface area contributed by atoms with Crippen LogP contribution in [-0.2, 0) is 0 Å². The number of hydrogen-bond donors (Lipinski definition) is 1. The second-order valence-electron chi connectivity index (χ2n) is 4.79. The third-order valence-corrected chi connectivity index (χ3v) is 4.57. The molecule has 3 nitrogen and oxygen atoms in total. The summed E-state index contributed by atoms with van der Waals surface area (Å²) in [5.74, 6) is 0. The van der Waals surface area contributed by atoms with Crippen molar-refractivity contribution in [2.45, 2.75) is 18.7 Å². The molecule has 3 rings (SSSR count). The van der Waals surface area contributed by atoms with E-state index in [1.54, 1.807) is 6.20 Å². The summed E-state index contributed by atoms with van der Waals surface area (Å²) < 4.78 is 3.33. The Labute approximate surface area is 132 Å². The lowest BCUT2D eigenvalue weighted by Gasteiger charge is -2.11. The van der Waals surface area contributed by atoms with E-state index in [1.165, 1.54) is 11.9 Å². The summed E-state index contributed by atoms with van der Waals surface area (Å²) in [6.45, 7) is 3.97. The number of nitrogens with zero attached hydrogens (tertiary/aromatic N) is 2. The van der Waals surface area contributed by atoms with Crippen molar-refractivity contribution >= 4 is 40.1 Å². The SMILES string of the molecule is Cc1cc(C)c(SNc2cccc3cccnc23)c(Cl)n1. The maximum absolute atomic E-state index is 6.23. The van der Waals surface area contributed by atoms with E-state index in [4.69, 9.17) is 11.6 Å². The Morgan fingerprint density at radius 3 is 2.76 bits per heavy atom. The van der Waals surface area contributed by atoms with Gasteiger partial charge in [0, 0.05) is 17.3 Å². The zero-order valence-electron chi connectivity index (χ0n) is 11.7. The summed E-state index contributed by atoms with van der Waals surface area (Å²) in [6, 6.07) is 12.1. The molecule has 0 radical (unpaired) electrons. The highest BCUT2D eigenvalue weighted by Crippen LogP contribution is 2.32. The Balaban J connectivity index is 1.91. The molecule has 0 unspecified atom stereocenters. The van der Waals surface area contributed by atoms with Crippen LogP contribution in [0.4, 0.5) is 5.69 Å². The minimum atomic E-state index is 0.526. The topological polar surface area (TPSA) is 37.8 Å². The first kappa shape index (κ1) is 14.2. The fourth-order valence-electron chi connectivity index (χ4n) is 2.19. The van der Waals surface area contributed by atoms with Gasteiger partial charge in [-0.2, -0.15) is 0 Å². The quantitative estimate of drug-likeness (QED) is 0.544. The highest BCUT2D eigenvalue weighted by Gasteiger charge is 2.09. The van der Waals surface area contributed by atoms with Gasteiger partial charge in [-0.25, -0.2) is 4.98 Å². The lowest BCUT2D eigenvalue weighted by molar-refractivity contribution is 1.11. The fourth-order valence-corrected chi connectivity index (χ4v) is 3.32. The molecule has 0 aliphatic heterocycles. The molecule has 1 N–H and O–H groups in total. The van der Waals surface area contributed by atoms with Crippen LogP contribution in [0, 0.1) is 13.8 Å². The second kappa shape index (κ2) is 5.92. The average molecular weight is 316 g/mol. The second-order valence-corrected chi connectivity index (χ2v) is 5.96. The first-order valence-corrected chi connectivity index (χ1v) is 7.75. The number of nitrogens with one attached hydrogen (secondary N) is 1. The van der Waals surface area contributed by atoms with Crippen LogP contribution in [0.25, 0.3) is 10.9 Å². The van der Waals surface area contributed by atoms with Gasteiger partial charge in [0.2, 0.25) is 0 Å². The van der Waals surface area contributed by atoms with E-state index in [1.807, 2.05) is 50.2 Å². The van der Waals surface area contributed by atoms with E-state index in [-0.39, 0.29) is 0 Å². The lowest BCUT2D eigenvalue weighted by atomic mass is 10.2. The van der Waals surface area contributed by atoms with E-state index in [0.29, 0.717) is 5.15 Å². The number of anilines is 1. The zero-order valence-corrected chi connectivity index (χ0v) is 13.3. The molecule has 0 saturated carbocycles. The van der Waals surface area contributed by atoms with Crippen LogP contribution in [0.1, 0.15) is 11.3 Å². The maximum atomic E-state index is 6.23. The summed E-state index contributed by atoms with van der Waals surface area (Å²) >= 11 is 7.70. The Kier molecular flexibility index (Phi) is 3.99. The van der Waals surface area contributed by atoms with Gasteiger partial charge in [0.05, 0.1) is 16.1 Å². The molecule has 0 bridgehead atoms. The van der Waals surface area contributed by atoms with Crippen LogP contribution in [0.5, 0.6) is 0 Å². The summed E-state index contributed by atoms with van der Waals surface area (Å²) in [5, 5.41) is 1.63. The third-order valence-electron chi connectivity index (χ3n) is 3.14. The van der Waals surface area contributed by atoms with E-state index >= 15 is 0 Å². The molecule has 0 aliphatic carbocycles. The Morgan fingerprint density at radius 1 is 1.14 bits per heavy atom. The zero-order chi connectivity index (χ0) is 14.8. The first-order valence-electron chi connectivity index (χ1n) is 6.55. The number of para-hydroxylation sites is 1. The number of halogens is 1. The number of fused-ring (bicyclic) bond motifs is 1. The van der Waals surface area contributed by atoms with Gasteiger partial charge < -0.3 is 4.72 Å². The lowest BCUT2D eigenvalue weighted by Crippen LogP contribution is -1.94.